The molecule has 1 aromatic rings. The largest absolute Gasteiger partial charge is 0.398 e. The molecule has 0 saturated heterocycles. The van der Waals surface area contributed by atoms with Gasteiger partial charge in [0.25, 0.3) is 0 Å². The maximum absolute atomic E-state index is 12.0. The van der Waals surface area contributed by atoms with E-state index < -0.39 is 0 Å². The van der Waals surface area contributed by atoms with Crippen molar-refractivity contribution < 1.29 is 4.79 Å². The number of carbonyl (C=O) groups excluding carboxylic acids is 1. The van der Waals surface area contributed by atoms with Gasteiger partial charge in [-0.2, -0.15) is 0 Å². The minimum Gasteiger partial charge on any atom is -0.398 e. The molecule has 4 nitrogen and oxygen atoms in total. The van der Waals surface area contributed by atoms with Gasteiger partial charge in [-0.3, -0.25) is 4.79 Å². The van der Waals surface area contributed by atoms with E-state index in [4.69, 9.17) is 5.73 Å². The zero-order valence-electron chi connectivity index (χ0n) is 12.7. The van der Waals surface area contributed by atoms with Gasteiger partial charge in [-0.15, -0.1) is 0 Å². The molecule has 0 saturated carbocycles. The number of nitrogens with two attached hydrogens (primary N) is 1. The number of nitrogen functional groups attached to an aromatic ring is 1. The van der Waals surface area contributed by atoms with Crippen LogP contribution in [0.25, 0.3) is 0 Å². The van der Waals surface area contributed by atoms with E-state index in [0.29, 0.717) is 12.5 Å². The van der Waals surface area contributed by atoms with E-state index in [1.807, 2.05) is 13.0 Å². The van der Waals surface area contributed by atoms with Crippen LogP contribution >= 0.6 is 0 Å². The molecule has 2 rings (SSSR count). The Kier molecular flexibility index (Phi) is 4.53. The van der Waals surface area contributed by atoms with Gasteiger partial charge in [0.05, 0.1) is 6.54 Å². The van der Waals surface area contributed by atoms with Gasteiger partial charge in [0.1, 0.15) is 0 Å². The fraction of sp³-hybridized carbons (Fsp3) is 0.562. The van der Waals surface area contributed by atoms with Crippen LogP contribution in [-0.4, -0.2) is 25.5 Å². The number of rotatable bonds is 5. The summed E-state index contributed by atoms with van der Waals surface area (Å²) in [6.07, 6.45) is 2.02. The average molecular weight is 275 g/mol. The summed E-state index contributed by atoms with van der Waals surface area (Å²) in [5, 5.41) is 2.99. The van der Waals surface area contributed by atoms with Gasteiger partial charge in [-0.1, -0.05) is 19.9 Å². The number of amides is 1. The standard InChI is InChI=1S/C16H25N3O/c1-11(2)4-6-18-16(20)10-19-7-5-13-8-12(3)14(17)9-15(13)19/h8-9,11H,4-7,10,17H2,1-3H3,(H,18,20). The highest BCUT2D eigenvalue weighted by atomic mass is 16.2. The number of fused-ring (bicyclic) bond motifs is 1. The monoisotopic (exact) mass is 275 g/mol. The minimum atomic E-state index is 0.0950. The summed E-state index contributed by atoms with van der Waals surface area (Å²) in [7, 11) is 0. The average Bonchev–Trinajstić information content (AvgIpc) is 2.72. The zero-order valence-corrected chi connectivity index (χ0v) is 12.7. The summed E-state index contributed by atoms with van der Waals surface area (Å²) >= 11 is 0. The molecular weight excluding hydrogens is 250 g/mol. The molecule has 0 aliphatic carbocycles. The second-order valence-corrected chi connectivity index (χ2v) is 6.04. The van der Waals surface area contributed by atoms with Crippen LogP contribution in [0.3, 0.4) is 0 Å². The predicted molar refractivity (Wildman–Crippen MR) is 84.0 cm³/mol. The van der Waals surface area contributed by atoms with Crippen molar-refractivity contribution in [3.63, 3.8) is 0 Å². The molecule has 0 fully saturated rings. The molecule has 1 aromatic carbocycles. The van der Waals surface area contributed by atoms with Crippen LogP contribution < -0.4 is 16.0 Å². The number of hydrogen-bond acceptors (Lipinski definition) is 3. The lowest BCUT2D eigenvalue weighted by Gasteiger charge is -2.19. The zero-order chi connectivity index (χ0) is 14.7. The van der Waals surface area contributed by atoms with E-state index >= 15 is 0 Å². The van der Waals surface area contributed by atoms with Crippen LogP contribution in [-0.2, 0) is 11.2 Å². The van der Waals surface area contributed by atoms with Crippen LogP contribution in [0, 0.1) is 12.8 Å². The molecule has 0 aromatic heterocycles. The van der Waals surface area contributed by atoms with Crippen LogP contribution in [0.5, 0.6) is 0 Å². The van der Waals surface area contributed by atoms with E-state index in [1.165, 1.54) is 5.56 Å². The molecule has 1 aliphatic heterocycles. The minimum absolute atomic E-state index is 0.0950. The Hall–Kier alpha value is -1.71. The number of carbonyl (C=O) groups is 1. The third kappa shape index (κ3) is 3.44. The number of benzene rings is 1. The highest BCUT2D eigenvalue weighted by molar-refractivity contribution is 5.83. The highest BCUT2D eigenvalue weighted by Crippen LogP contribution is 2.31. The number of hydrogen-bond donors (Lipinski definition) is 2. The molecule has 4 heteroatoms. The Morgan fingerprint density at radius 1 is 1.45 bits per heavy atom. The van der Waals surface area contributed by atoms with E-state index in [1.54, 1.807) is 0 Å². The Morgan fingerprint density at radius 2 is 2.20 bits per heavy atom. The van der Waals surface area contributed by atoms with E-state index in [0.717, 1.165) is 42.9 Å². The lowest BCUT2D eigenvalue weighted by atomic mass is 10.1. The molecule has 0 atom stereocenters. The van der Waals surface area contributed by atoms with Gasteiger partial charge in [0.2, 0.25) is 5.91 Å². The first-order valence-electron chi connectivity index (χ1n) is 7.38. The molecular formula is C16H25N3O. The Bertz CT molecular complexity index is 497. The van der Waals surface area contributed by atoms with Gasteiger partial charge in [-0.05, 0) is 42.9 Å². The molecule has 110 valence electrons. The molecule has 20 heavy (non-hydrogen) atoms. The molecule has 0 spiro atoms. The highest BCUT2D eigenvalue weighted by Gasteiger charge is 2.21. The first kappa shape index (κ1) is 14.7. The van der Waals surface area contributed by atoms with Crippen molar-refractivity contribution in [1.82, 2.24) is 5.32 Å². The predicted octanol–water partition coefficient (Wildman–Crippen LogP) is 2.10. The third-order valence-corrected chi connectivity index (χ3v) is 3.84. The molecule has 0 unspecified atom stereocenters. The van der Waals surface area contributed by atoms with E-state index in [2.05, 4.69) is 30.1 Å². The molecule has 3 N–H and O–H groups in total. The maximum Gasteiger partial charge on any atom is 0.239 e. The SMILES string of the molecule is Cc1cc2c(cc1N)N(CC(=O)NCCC(C)C)CC2. The molecule has 0 radical (unpaired) electrons. The normalized spacial score (nSPS) is 13.7. The van der Waals surface area contributed by atoms with Gasteiger partial charge in [0.15, 0.2) is 0 Å². The quantitative estimate of drug-likeness (QED) is 0.809. The first-order valence-corrected chi connectivity index (χ1v) is 7.38. The number of aryl methyl sites for hydroxylation is 1. The summed E-state index contributed by atoms with van der Waals surface area (Å²) < 4.78 is 0. The smallest absolute Gasteiger partial charge is 0.239 e. The maximum atomic E-state index is 12.0. The summed E-state index contributed by atoms with van der Waals surface area (Å²) in [5.41, 5.74) is 10.3. The fourth-order valence-electron chi connectivity index (χ4n) is 2.54. The number of nitrogens with zero attached hydrogens (tertiary/aromatic N) is 1. The van der Waals surface area contributed by atoms with E-state index in [9.17, 15) is 4.79 Å². The van der Waals surface area contributed by atoms with Crippen LogP contribution in [0.1, 0.15) is 31.4 Å². The van der Waals surface area contributed by atoms with Crippen molar-refractivity contribution in [2.24, 2.45) is 5.92 Å². The summed E-state index contributed by atoms with van der Waals surface area (Å²) in [4.78, 5) is 14.1. The molecule has 1 aliphatic rings. The second-order valence-electron chi connectivity index (χ2n) is 6.04. The van der Waals surface area contributed by atoms with Crippen molar-refractivity contribution in [3.8, 4) is 0 Å². The summed E-state index contributed by atoms with van der Waals surface area (Å²) in [6.45, 7) is 8.43. The third-order valence-electron chi connectivity index (χ3n) is 3.84. The van der Waals surface area contributed by atoms with Crippen molar-refractivity contribution in [1.29, 1.82) is 0 Å². The van der Waals surface area contributed by atoms with Crippen LogP contribution in [0.15, 0.2) is 12.1 Å². The van der Waals surface area contributed by atoms with E-state index in [-0.39, 0.29) is 5.91 Å². The Balaban J connectivity index is 1.93. The Morgan fingerprint density at radius 3 is 2.90 bits per heavy atom. The van der Waals surface area contributed by atoms with Crippen molar-refractivity contribution in [2.75, 3.05) is 30.3 Å². The van der Waals surface area contributed by atoms with Gasteiger partial charge < -0.3 is 16.0 Å². The van der Waals surface area contributed by atoms with Crippen LogP contribution in [0.2, 0.25) is 0 Å². The van der Waals surface area contributed by atoms with Gasteiger partial charge >= 0.3 is 0 Å². The van der Waals surface area contributed by atoms with Gasteiger partial charge in [0, 0.05) is 24.5 Å². The van der Waals surface area contributed by atoms with Crippen LogP contribution in [0.4, 0.5) is 11.4 Å². The lowest BCUT2D eigenvalue weighted by Crippen LogP contribution is -2.37. The fourth-order valence-corrected chi connectivity index (χ4v) is 2.54. The molecule has 1 amide bonds. The second kappa shape index (κ2) is 6.16. The van der Waals surface area contributed by atoms with Crippen molar-refractivity contribution in [2.45, 2.75) is 33.6 Å². The molecule has 0 bridgehead atoms. The molecule has 1 heterocycles. The Labute approximate surface area is 121 Å². The van der Waals surface area contributed by atoms with Crippen molar-refractivity contribution >= 4 is 17.3 Å². The number of nitrogens with one attached hydrogen (secondary N) is 1. The lowest BCUT2D eigenvalue weighted by molar-refractivity contribution is -0.119. The van der Waals surface area contributed by atoms with Gasteiger partial charge in [-0.25, -0.2) is 0 Å². The summed E-state index contributed by atoms with van der Waals surface area (Å²) in [5.74, 6) is 0.711. The summed E-state index contributed by atoms with van der Waals surface area (Å²) in [6, 6.07) is 4.14. The van der Waals surface area contributed by atoms with Crippen molar-refractivity contribution in [3.05, 3.63) is 23.3 Å². The number of anilines is 2. The first-order chi connectivity index (χ1) is 9.47. The topological polar surface area (TPSA) is 58.4 Å².